The van der Waals surface area contributed by atoms with Crippen LogP contribution in [-0.2, 0) is 4.79 Å². The number of thioether (sulfide) groups is 1. The average Bonchev–Trinajstić information content (AvgIpc) is 2.41. The van der Waals surface area contributed by atoms with Crippen LogP contribution in [0.3, 0.4) is 0 Å². The van der Waals surface area contributed by atoms with E-state index in [0.29, 0.717) is 11.3 Å². The van der Waals surface area contributed by atoms with E-state index >= 15 is 0 Å². The van der Waals surface area contributed by atoms with Gasteiger partial charge in [-0.3, -0.25) is 4.79 Å². The molecule has 3 nitrogen and oxygen atoms in total. The lowest BCUT2D eigenvalue weighted by molar-refractivity contribution is -0.114. The first-order valence-electron chi connectivity index (χ1n) is 7.45. The molecule has 1 aliphatic rings. The molecule has 2 unspecified atom stereocenters. The zero-order valence-electron chi connectivity index (χ0n) is 12.3. The van der Waals surface area contributed by atoms with Crippen LogP contribution in [0.2, 0.25) is 0 Å². The highest BCUT2D eigenvalue weighted by Crippen LogP contribution is 2.34. The molecule has 0 aromatic heterocycles. The summed E-state index contributed by atoms with van der Waals surface area (Å²) in [6.45, 7) is 4.77. The van der Waals surface area contributed by atoms with Crippen molar-refractivity contribution in [3.05, 3.63) is 24.3 Å². The number of nitrogens with one attached hydrogen (secondary N) is 2. The van der Waals surface area contributed by atoms with Crippen LogP contribution in [0, 0.1) is 0 Å². The molecule has 2 rings (SSSR count). The molecule has 2 N–H and O–H groups in total. The third-order valence-corrected chi connectivity index (χ3v) is 4.90. The number of benzene rings is 1. The molecule has 1 fully saturated rings. The number of carbonyl (C=O) groups excluding carboxylic acids is 1. The summed E-state index contributed by atoms with van der Waals surface area (Å²) in [5, 5.41) is 7.08. The molecule has 1 aliphatic carbocycles. The van der Waals surface area contributed by atoms with Crippen LogP contribution in [0.15, 0.2) is 29.2 Å². The van der Waals surface area contributed by atoms with Crippen molar-refractivity contribution in [2.45, 2.75) is 55.7 Å². The molecule has 110 valence electrons. The van der Waals surface area contributed by atoms with Crippen molar-refractivity contribution in [1.82, 2.24) is 5.32 Å². The average molecular weight is 292 g/mol. The summed E-state index contributed by atoms with van der Waals surface area (Å²) in [6, 6.07) is 8.85. The topological polar surface area (TPSA) is 41.1 Å². The molecule has 0 radical (unpaired) electrons. The van der Waals surface area contributed by atoms with Crippen molar-refractivity contribution in [3.8, 4) is 0 Å². The van der Waals surface area contributed by atoms with E-state index in [1.165, 1.54) is 37.5 Å². The van der Waals surface area contributed by atoms with Crippen LogP contribution in [0.1, 0.15) is 39.5 Å². The lowest BCUT2D eigenvalue weighted by Gasteiger charge is -2.29. The second-order valence-electron chi connectivity index (χ2n) is 5.37. The molecule has 1 aromatic rings. The molecule has 0 saturated heterocycles. The van der Waals surface area contributed by atoms with Crippen LogP contribution in [-0.4, -0.2) is 23.7 Å². The summed E-state index contributed by atoms with van der Waals surface area (Å²) < 4.78 is 0. The lowest BCUT2D eigenvalue weighted by Crippen LogP contribution is -2.34. The summed E-state index contributed by atoms with van der Waals surface area (Å²) in [5.74, 6) is -0.0221. The first kappa shape index (κ1) is 15.4. The fourth-order valence-electron chi connectivity index (χ4n) is 2.74. The molecular weight excluding hydrogens is 268 g/mol. The van der Waals surface area contributed by atoms with E-state index in [1.807, 2.05) is 23.9 Å². The van der Waals surface area contributed by atoms with Gasteiger partial charge < -0.3 is 10.6 Å². The maximum atomic E-state index is 11.0. The van der Waals surface area contributed by atoms with Gasteiger partial charge in [-0.25, -0.2) is 0 Å². The molecular formula is C16H24N2OS. The quantitative estimate of drug-likeness (QED) is 0.870. The third-order valence-electron chi connectivity index (χ3n) is 3.60. The summed E-state index contributed by atoms with van der Waals surface area (Å²) in [5.41, 5.74) is 0.871. The van der Waals surface area contributed by atoms with Gasteiger partial charge in [0.05, 0.1) is 0 Å². The smallest absolute Gasteiger partial charge is 0.221 e. The number of carbonyl (C=O) groups is 1. The van der Waals surface area contributed by atoms with Crippen molar-refractivity contribution in [3.63, 3.8) is 0 Å². The highest BCUT2D eigenvalue weighted by atomic mass is 32.2. The summed E-state index contributed by atoms with van der Waals surface area (Å²) >= 11 is 1.97. The molecule has 1 amide bonds. The normalized spacial score (nSPS) is 22.5. The lowest BCUT2D eigenvalue weighted by atomic mass is 9.95. The molecule has 0 spiro atoms. The predicted octanol–water partition coefficient (Wildman–Crippen LogP) is 3.66. The van der Waals surface area contributed by atoms with Crippen molar-refractivity contribution in [2.24, 2.45) is 0 Å². The van der Waals surface area contributed by atoms with Gasteiger partial charge in [0.1, 0.15) is 0 Å². The van der Waals surface area contributed by atoms with Crippen LogP contribution in [0.25, 0.3) is 0 Å². The monoisotopic (exact) mass is 292 g/mol. The van der Waals surface area contributed by atoms with Gasteiger partial charge in [0.2, 0.25) is 5.91 Å². The molecule has 0 bridgehead atoms. The van der Waals surface area contributed by atoms with Crippen molar-refractivity contribution >= 4 is 23.4 Å². The zero-order valence-corrected chi connectivity index (χ0v) is 13.1. The maximum absolute atomic E-state index is 11.0. The van der Waals surface area contributed by atoms with Crippen LogP contribution >= 0.6 is 11.8 Å². The van der Waals surface area contributed by atoms with E-state index in [1.54, 1.807) is 0 Å². The van der Waals surface area contributed by atoms with Gasteiger partial charge in [-0.1, -0.05) is 13.3 Å². The Morgan fingerprint density at radius 3 is 2.70 bits per heavy atom. The SMILES string of the molecule is CCNC1CCCC(Sc2ccc(NC(C)=O)cc2)C1. The van der Waals surface area contributed by atoms with E-state index in [9.17, 15) is 4.79 Å². The highest BCUT2D eigenvalue weighted by Gasteiger charge is 2.21. The third kappa shape index (κ3) is 4.84. The van der Waals surface area contributed by atoms with Gasteiger partial charge in [0, 0.05) is 28.8 Å². The van der Waals surface area contributed by atoms with E-state index < -0.39 is 0 Å². The van der Waals surface area contributed by atoms with Crippen LogP contribution in [0.4, 0.5) is 5.69 Å². The molecule has 2 atom stereocenters. The Morgan fingerprint density at radius 1 is 1.30 bits per heavy atom. The second kappa shape index (κ2) is 7.70. The Labute approximate surface area is 125 Å². The first-order valence-corrected chi connectivity index (χ1v) is 8.33. The Kier molecular flexibility index (Phi) is 5.92. The molecule has 0 heterocycles. The highest BCUT2D eigenvalue weighted by molar-refractivity contribution is 8.00. The standard InChI is InChI=1S/C16H24N2OS/c1-3-17-14-5-4-6-16(11-14)20-15-9-7-13(8-10-15)18-12(2)19/h7-10,14,16-17H,3-6,11H2,1-2H3,(H,18,19). The molecule has 1 saturated carbocycles. The zero-order chi connectivity index (χ0) is 14.4. The summed E-state index contributed by atoms with van der Waals surface area (Å²) in [6.07, 6.45) is 5.19. The number of amides is 1. The van der Waals surface area contributed by atoms with E-state index in [-0.39, 0.29) is 5.91 Å². The van der Waals surface area contributed by atoms with Crippen LogP contribution in [0.5, 0.6) is 0 Å². The minimum Gasteiger partial charge on any atom is -0.326 e. The van der Waals surface area contributed by atoms with Gasteiger partial charge in [-0.15, -0.1) is 11.8 Å². The van der Waals surface area contributed by atoms with Crippen molar-refractivity contribution in [2.75, 3.05) is 11.9 Å². The molecule has 1 aromatic carbocycles. The number of hydrogen-bond acceptors (Lipinski definition) is 3. The van der Waals surface area contributed by atoms with Gasteiger partial charge in [0.25, 0.3) is 0 Å². The van der Waals surface area contributed by atoms with E-state index in [4.69, 9.17) is 0 Å². The maximum Gasteiger partial charge on any atom is 0.221 e. The number of rotatable bonds is 5. The Morgan fingerprint density at radius 2 is 2.05 bits per heavy atom. The number of anilines is 1. The fraction of sp³-hybridized carbons (Fsp3) is 0.562. The second-order valence-corrected chi connectivity index (χ2v) is 6.74. The largest absolute Gasteiger partial charge is 0.326 e. The van der Waals surface area contributed by atoms with Gasteiger partial charge in [0.15, 0.2) is 0 Å². The van der Waals surface area contributed by atoms with E-state index in [2.05, 4.69) is 29.7 Å². The molecule has 0 aliphatic heterocycles. The first-order chi connectivity index (χ1) is 9.67. The predicted molar refractivity (Wildman–Crippen MR) is 86.3 cm³/mol. The van der Waals surface area contributed by atoms with Crippen molar-refractivity contribution < 1.29 is 4.79 Å². The molecule has 20 heavy (non-hydrogen) atoms. The summed E-state index contributed by atoms with van der Waals surface area (Å²) in [4.78, 5) is 12.3. The molecule has 4 heteroatoms. The Balaban J connectivity index is 1.87. The van der Waals surface area contributed by atoms with Crippen LogP contribution < -0.4 is 10.6 Å². The Hall–Kier alpha value is -1.00. The van der Waals surface area contributed by atoms with Crippen molar-refractivity contribution in [1.29, 1.82) is 0 Å². The van der Waals surface area contributed by atoms with Gasteiger partial charge in [-0.05, 0) is 50.1 Å². The minimum absolute atomic E-state index is 0.0221. The fourth-order valence-corrected chi connectivity index (χ4v) is 4.03. The van der Waals surface area contributed by atoms with E-state index in [0.717, 1.165) is 12.2 Å². The summed E-state index contributed by atoms with van der Waals surface area (Å²) in [7, 11) is 0. The Bertz CT molecular complexity index is 431. The van der Waals surface area contributed by atoms with Gasteiger partial charge in [-0.2, -0.15) is 0 Å². The minimum atomic E-state index is -0.0221. The number of hydrogen-bond donors (Lipinski definition) is 2. The van der Waals surface area contributed by atoms with Gasteiger partial charge >= 0.3 is 0 Å².